The number of phenolic OH excluding ortho intramolecular Hbond substituents is 1. The maximum absolute atomic E-state index is 12.1. The van der Waals surface area contributed by atoms with E-state index in [9.17, 15) is 9.90 Å². The van der Waals surface area contributed by atoms with Crippen LogP contribution in [-0.2, 0) is 0 Å². The van der Waals surface area contributed by atoms with E-state index < -0.39 is 5.91 Å². The molecule has 0 atom stereocenters. The van der Waals surface area contributed by atoms with Gasteiger partial charge in [0, 0.05) is 16.2 Å². The number of benzene rings is 2. The number of halogens is 1. The van der Waals surface area contributed by atoms with Crippen LogP contribution in [0, 0.1) is 0 Å². The fourth-order valence-corrected chi connectivity index (χ4v) is 2.03. The molecule has 0 saturated heterocycles. The molecule has 0 aliphatic heterocycles. The molecule has 4 N–H and O–H groups in total. The summed E-state index contributed by atoms with van der Waals surface area (Å²) in [5, 5.41) is 12.3. The minimum absolute atomic E-state index is 0.0198. The Kier molecular flexibility index (Phi) is 4.14. The highest BCUT2D eigenvalue weighted by Gasteiger charge is 2.13. The average Bonchev–Trinajstić information content (AvgIpc) is 2.42. The van der Waals surface area contributed by atoms with Crippen LogP contribution in [0.3, 0.4) is 0 Å². The van der Waals surface area contributed by atoms with E-state index in [2.05, 4.69) is 21.2 Å². The average molecular weight is 337 g/mol. The van der Waals surface area contributed by atoms with Gasteiger partial charge in [-0.05, 0) is 30.3 Å². The zero-order valence-corrected chi connectivity index (χ0v) is 12.3. The molecule has 0 aliphatic rings. The molecular formula is C14H13BrN2O3. The number of nitrogens with two attached hydrogens (primary N) is 1. The predicted octanol–water partition coefficient (Wildman–Crippen LogP) is 3.00. The molecule has 0 aromatic heterocycles. The first kappa shape index (κ1) is 14.2. The molecule has 1 amide bonds. The highest BCUT2D eigenvalue weighted by molar-refractivity contribution is 9.10. The van der Waals surface area contributed by atoms with Gasteiger partial charge in [-0.3, -0.25) is 4.79 Å². The molecule has 0 fully saturated rings. The SMILES string of the molecule is COc1ccc(C(=O)Nc2cc(Br)ccc2O)c(N)c1. The van der Waals surface area contributed by atoms with Crippen molar-refractivity contribution in [3.05, 3.63) is 46.4 Å². The van der Waals surface area contributed by atoms with Crippen LogP contribution in [0.5, 0.6) is 11.5 Å². The summed E-state index contributed by atoms with van der Waals surface area (Å²) in [6.45, 7) is 0. The zero-order chi connectivity index (χ0) is 14.7. The van der Waals surface area contributed by atoms with Crippen LogP contribution in [-0.4, -0.2) is 18.1 Å². The number of hydrogen-bond donors (Lipinski definition) is 3. The van der Waals surface area contributed by atoms with Crippen molar-refractivity contribution in [1.29, 1.82) is 0 Å². The third-order valence-corrected chi connectivity index (χ3v) is 3.20. The van der Waals surface area contributed by atoms with Gasteiger partial charge in [0.25, 0.3) is 5.91 Å². The Morgan fingerprint density at radius 2 is 2.05 bits per heavy atom. The first-order valence-electron chi connectivity index (χ1n) is 5.74. The van der Waals surface area contributed by atoms with Gasteiger partial charge in [0.05, 0.1) is 18.4 Å². The Balaban J connectivity index is 2.26. The van der Waals surface area contributed by atoms with Gasteiger partial charge >= 0.3 is 0 Å². The van der Waals surface area contributed by atoms with Crippen LogP contribution in [0.25, 0.3) is 0 Å². The zero-order valence-electron chi connectivity index (χ0n) is 10.7. The second-order valence-electron chi connectivity index (χ2n) is 4.07. The van der Waals surface area contributed by atoms with Crippen LogP contribution >= 0.6 is 15.9 Å². The number of phenols is 1. The highest BCUT2D eigenvalue weighted by atomic mass is 79.9. The Labute approximate surface area is 124 Å². The van der Waals surface area contributed by atoms with Gasteiger partial charge in [-0.25, -0.2) is 0 Å². The van der Waals surface area contributed by atoms with Gasteiger partial charge in [-0.2, -0.15) is 0 Å². The second kappa shape index (κ2) is 5.83. The van der Waals surface area contributed by atoms with Gasteiger partial charge in [0.15, 0.2) is 0 Å². The van der Waals surface area contributed by atoms with Crippen molar-refractivity contribution >= 4 is 33.2 Å². The second-order valence-corrected chi connectivity index (χ2v) is 4.98. The predicted molar refractivity (Wildman–Crippen MR) is 81.2 cm³/mol. The number of nitrogens with one attached hydrogen (secondary N) is 1. The van der Waals surface area contributed by atoms with Crippen LogP contribution in [0.4, 0.5) is 11.4 Å². The molecule has 0 radical (unpaired) electrons. The van der Waals surface area contributed by atoms with Gasteiger partial charge in [0.2, 0.25) is 0 Å². The molecule has 104 valence electrons. The van der Waals surface area contributed by atoms with Crippen LogP contribution < -0.4 is 15.8 Å². The van der Waals surface area contributed by atoms with E-state index in [1.165, 1.54) is 13.2 Å². The lowest BCUT2D eigenvalue weighted by Crippen LogP contribution is -2.14. The van der Waals surface area contributed by atoms with E-state index in [0.717, 1.165) is 4.47 Å². The van der Waals surface area contributed by atoms with E-state index in [-0.39, 0.29) is 5.75 Å². The summed E-state index contributed by atoms with van der Waals surface area (Å²) < 4.78 is 5.77. The van der Waals surface area contributed by atoms with E-state index in [0.29, 0.717) is 22.7 Å². The summed E-state index contributed by atoms with van der Waals surface area (Å²) in [5.41, 5.74) is 6.72. The highest BCUT2D eigenvalue weighted by Crippen LogP contribution is 2.28. The topological polar surface area (TPSA) is 84.6 Å². The number of ether oxygens (including phenoxy) is 1. The number of rotatable bonds is 3. The number of anilines is 2. The maximum Gasteiger partial charge on any atom is 0.257 e. The normalized spacial score (nSPS) is 10.1. The molecule has 0 aliphatic carbocycles. The molecule has 2 aromatic carbocycles. The molecule has 0 saturated carbocycles. The Bertz CT molecular complexity index is 659. The summed E-state index contributed by atoms with van der Waals surface area (Å²) in [6, 6.07) is 9.54. The van der Waals surface area contributed by atoms with Gasteiger partial charge in [-0.1, -0.05) is 15.9 Å². The van der Waals surface area contributed by atoms with Crippen LogP contribution in [0.2, 0.25) is 0 Å². The minimum Gasteiger partial charge on any atom is -0.506 e. The summed E-state index contributed by atoms with van der Waals surface area (Å²) in [4.78, 5) is 12.1. The van der Waals surface area contributed by atoms with Crippen molar-refractivity contribution in [3.8, 4) is 11.5 Å². The van der Waals surface area contributed by atoms with Gasteiger partial charge in [0.1, 0.15) is 11.5 Å². The van der Waals surface area contributed by atoms with E-state index in [1.807, 2.05) is 0 Å². The Morgan fingerprint density at radius 3 is 2.70 bits per heavy atom. The van der Waals surface area contributed by atoms with Crippen molar-refractivity contribution < 1.29 is 14.6 Å². The third kappa shape index (κ3) is 3.03. The van der Waals surface area contributed by atoms with Crippen molar-refractivity contribution in [2.45, 2.75) is 0 Å². The van der Waals surface area contributed by atoms with Crippen molar-refractivity contribution in [3.63, 3.8) is 0 Å². The number of carbonyl (C=O) groups excluding carboxylic acids is 1. The van der Waals surface area contributed by atoms with Crippen LogP contribution in [0.15, 0.2) is 40.9 Å². The van der Waals surface area contributed by atoms with E-state index >= 15 is 0 Å². The number of aromatic hydroxyl groups is 1. The number of carbonyl (C=O) groups is 1. The monoisotopic (exact) mass is 336 g/mol. The smallest absolute Gasteiger partial charge is 0.257 e. The molecular weight excluding hydrogens is 324 g/mol. The standard InChI is InChI=1S/C14H13BrN2O3/c1-20-9-3-4-10(11(16)7-9)14(19)17-12-6-8(15)2-5-13(12)18/h2-7,18H,16H2,1H3,(H,17,19). The van der Waals surface area contributed by atoms with Gasteiger partial charge < -0.3 is 20.9 Å². The molecule has 20 heavy (non-hydrogen) atoms. The van der Waals surface area contributed by atoms with Crippen molar-refractivity contribution in [1.82, 2.24) is 0 Å². The van der Waals surface area contributed by atoms with E-state index in [4.69, 9.17) is 10.5 Å². The molecule has 2 rings (SSSR count). The molecule has 0 spiro atoms. The molecule has 0 bridgehead atoms. The van der Waals surface area contributed by atoms with Crippen molar-refractivity contribution in [2.75, 3.05) is 18.2 Å². The van der Waals surface area contributed by atoms with Gasteiger partial charge in [-0.15, -0.1) is 0 Å². The van der Waals surface area contributed by atoms with Crippen molar-refractivity contribution in [2.24, 2.45) is 0 Å². The summed E-state index contributed by atoms with van der Waals surface area (Å²) in [6.07, 6.45) is 0. The largest absolute Gasteiger partial charge is 0.506 e. The molecule has 6 heteroatoms. The number of methoxy groups -OCH3 is 1. The Hall–Kier alpha value is -2.21. The number of amides is 1. The maximum atomic E-state index is 12.1. The molecule has 0 heterocycles. The Morgan fingerprint density at radius 1 is 1.30 bits per heavy atom. The fourth-order valence-electron chi connectivity index (χ4n) is 1.67. The lowest BCUT2D eigenvalue weighted by atomic mass is 10.1. The summed E-state index contributed by atoms with van der Waals surface area (Å²) in [5.74, 6) is 0.150. The fraction of sp³-hybridized carbons (Fsp3) is 0.0714. The molecule has 2 aromatic rings. The first-order valence-corrected chi connectivity index (χ1v) is 6.54. The quantitative estimate of drug-likeness (QED) is 0.594. The van der Waals surface area contributed by atoms with E-state index in [1.54, 1.807) is 30.3 Å². The summed E-state index contributed by atoms with van der Waals surface area (Å²) >= 11 is 3.27. The number of hydrogen-bond acceptors (Lipinski definition) is 4. The van der Waals surface area contributed by atoms with Crippen LogP contribution in [0.1, 0.15) is 10.4 Å². The lowest BCUT2D eigenvalue weighted by molar-refractivity contribution is 0.102. The first-order chi connectivity index (χ1) is 9.51. The number of nitrogen functional groups attached to an aromatic ring is 1. The molecule has 0 unspecified atom stereocenters. The third-order valence-electron chi connectivity index (χ3n) is 2.71. The lowest BCUT2D eigenvalue weighted by Gasteiger charge is -2.10. The minimum atomic E-state index is -0.404. The summed E-state index contributed by atoms with van der Waals surface area (Å²) in [7, 11) is 1.52. The molecule has 5 nitrogen and oxygen atoms in total.